The number of hydrogen-bond acceptors (Lipinski definition) is 6. The number of benzene rings is 2. The van der Waals surface area contributed by atoms with Crippen LogP contribution in [0.25, 0.3) is 0 Å². The van der Waals surface area contributed by atoms with Crippen molar-refractivity contribution in [2.24, 2.45) is 4.99 Å². The Morgan fingerprint density at radius 3 is 2.25 bits per heavy atom. The third-order valence-corrected chi connectivity index (χ3v) is 8.84. The molecular weight excluding hydrogens is 496 g/mol. The molecule has 3 atom stereocenters. The number of amidine groups is 1. The molecule has 3 unspecified atom stereocenters. The Bertz CT molecular complexity index is 1130. The van der Waals surface area contributed by atoms with Crippen LogP contribution in [0.2, 0.25) is 0 Å². The molecule has 2 aromatic carbocycles. The molecule has 2 saturated heterocycles. The Hall–Kier alpha value is -2.74. The van der Waals surface area contributed by atoms with Crippen LogP contribution in [-0.2, 0) is 5.54 Å². The van der Waals surface area contributed by atoms with E-state index in [-0.39, 0.29) is 11.6 Å². The molecule has 0 saturated carbocycles. The first-order valence-corrected chi connectivity index (χ1v) is 15.0. The van der Waals surface area contributed by atoms with Crippen LogP contribution in [0.4, 0.5) is 11.4 Å². The zero-order valence-electron chi connectivity index (χ0n) is 25.7. The number of piperidine rings is 1. The molecule has 2 fully saturated rings. The molecule has 2 heterocycles. The Balaban J connectivity index is 1.58. The Labute approximate surface area is 242 Å². The maximum absolute atomic E-state index is 12.3. The van der Waals surface area contributed by atoms with Gasteiger partial charge in [0.1, 0.15) is 5.84 Å². The van der Waals surface area contributed by atoms with E-state index in [1.807, 2.05) is 12.1 Å². The lowest BCUT2D eigenvalue weighted by Crippen LogP contribution is -2.59. The maximum Gasteiger partial charge on any atom is 0.152 e. The number of hydrogen-bond donors (Lipinski definition) is 1. The number of carbonyl (C=O) groups is 1. The molecule has 0 aliphatic carbocycles. The first-order valence-electron chi connectivity index (χ1n) is 15.0. The van der Waals surface area contributed by atoms with Gasteiger partial charge in [-0.15, -0.1) is 0 Å². The minimum Gasteiger partial charge on any atom is -0.371 e. The van der Waals surface area contributed by atoms with E-state index in [1.165, 1.54) is 5.56 Å². The first-order chi connectivity index (χ1) is 19.2. The molecule has 2 aliphatic rings. The van der Waals surface area contributed by atoms with Gasteiger partial charge in [0.15, 0.2) is 6.29 Å². The van der Waals surface area contributed by atoms with E-state index in [4.69, 9.17) is 4.99 Å². The summed E-state index contributed by atoms with van der Waals surface area (Å²) in [6.07, 6.45) is 5.15. The van der Waals surface area contributed by atoms with Gasteiger partial charge in [-0.05, 0) is 71.0 Å². The molecule has 4 rings (SSSR count). The lowest BCUT2D eigenvalue weighted by molar-refractivity contribution is 0.112. The fourth-order valence-corrected chi connectivity index (χ4v) is 6.78. The molecule has 40 heavy (non-hydrogen) atoms. The second-order valence-corrected chi connectivity index (χ2v) is 12.2. The quantitative estimate of drug-likeness (QED) is 0.271. The van der Waals surface area contributed by atoms with E-state index >= 15 is 0 Å². The van der Waals surface area contributed by atoms with Crippen molar-refractivity contribution < 1.29 is 4.79 Å². The Kier molecular flexibility index (Phi) is 10.0. The normalized spacial score (nSPS) is 22.8. The van der Waals surface area contributed by atoms with Gasteiger partial charge in [-0.2, -0.15) is 0 Å². The number of carbonyl (C=O) groups excluding carboxylic acids is 1. The summed E-state index contributed by atoms with van der Waals surface area (Å²) >= 11 is 0. The zero-order valence-corrected chi connectivity index (χ0v) is 25.7. The van der Waals surface area contributed by atoms with Crippen molar-refractivity contribution in [2.75, 3.05) is 59.3 Å². The number of rotatable bonds is 9. The van der Waals surface area contributed by atoms with Crippen LogP contribution in [0.5, 0.6) is 0 Å². The van der Waals surface area contributed by atoms with Crippen molar-refractivity contribution in [2.45, 2.75) is 70.1 Å². The smallest absolute Gasteiger partial charge is 0.152 e. The van der Waals surface area contributed by atoms with Gasteiger partial charge in [-0.25, -0.2) is 4.99 Å². The Morgan fingerprint density at radius 1 is 1.05 bits per heavy atom. The lowest BCUT2D eigenvalue weighted by Gasteiger charge is -2.47. The number of nitrogens with one attached hydrogen (secondary N) is 1. The first kappa shape index (κ1) is 30.2. The predicted molar refractivity (Wildman–Crippen MR) is 168 cm³/mol. The summed E-state index contributed by atoms with van der Waals surface area (Å²) in [5.41, 5.74) is 3.92. The highest BCUT2D eigenvalue weighted by molar-refractivity contribution is 5.93. The number of piperazine rings is 1. The van der Waals surface area contributed by atoms with Crippen LogP contribution in [0.3, 0.4) is 0 Å². The number of aliphatic imine (C=N–C) groups is 1. The second-order valence-electron chi connectivity index (χ2n) is 12.2. The number of aldehydes is 1. The average Bonchev–Trinajstić information content (AvgIpc) is 2.94. The number of nitrogens with zero attached hydrogens (tertiary/aromatic N) is 5. The fraction of sp³-hybridized carbons (Fsp3) is 0.576. The standard InChI is InChI=1S/C33H50N6O/c1-8-12-31(39-22-25(2)34-26(3)23-39)32(36(4)5)35-30-16-15-29(21-27(30)24-40)38-19-17-33(18-20-38,37(6)7)28-13-10-9-11-14-28/h9-11,13-16,21,24-26,31,34H,8,12,17-20,22-23H2,1-7H3. The molecule has 218 valence electrons. The summed E-state index contributed by atoms with van der Waals surface area (Å²) in [7, 11) is 8.53. The number of anilines is 1. The molecule has 0 aromatic heterocycles. The molecule has 0 spiro atoms. The Morgan fingerprint density at radius 2 is 1.70 bits per heavy atom. The molecular formula is C33H50N6O. The van der Waals surface area contributed by atoms with Gasteiger partial charge in [-0.1, -0.05) is 43.7 Å². The van der Waals surface area contributed by atoms with Gasteiger partial charge in [0.2, 0.25) is 0 Å². The molecule has 2 aliphatic heterocycles. The summed E-state index contributed by atoms with van der Waals surface area (Å²) in [4.78, 5) is 27.0. The van der Waals surface area contributed by atoms with Crippen molar-refractivity contribution in [3.8, 4) is 0 Å². The molecule has 7 heteroatoms. The summed E-state index contributed by atoms with van der Waals surface area (Å²) in [6, 6.07) is 18.2. The van der Waals surface area contributed by atoms with Crippen molar-refractivity contribution in [1.82, 2.24) is 20.0 Å². The second kappa shape index (κ2) is 13.3. The van der Waals surface area contributed by atoms with Gasteiger partial charge in [0.05, 0.1) is 11.7 Å². The molecule has 0 bridgehead atoms. The van der Waals surface area contributed by atoms with Crippen molar-refractivity contribution in [3.05, 3.63) is 59.7 Å². The molecule has 0 radical (unpaired) electrons. The van der Waals surface area contributed by atoms with Crippen LogP contribution < -0.4 is 10.2 Å². The van der Waals surface area contributed by atoms with Gasteiger partial charge >= 0.3 is 0 Å². The van der Waals surface area contributed by atoms with E-state index in [9.17, 15) is 4.79 Å². The van der Waals surface area contributed by atoms with E-state index in [0.717, 1.165) is 75.4 Å². The SMILES string of the molecule is CCCC(C(=Nc1ccc(N2CCC(c3ccccc3)(N(C)C)CC2)cc1C=O)N(C)C)N1CC(C)NC(C)C1. The van der Waals surface area contributed by atoms with E-state index in [1.54, 1.807) is 0 Å². The average molecular weight is 547 g/mol. The summed E-state index contributed by atoms with van der Waals surface area (Å²) in [5, 5.41) is 3.65. The minimum atomic E-state index is 0.0311. The highest BCUT2D eigenvalue weighted by atomic mass is 16.1. The molecule has 2 aromatic rings. The van der Waals surface area contributed by atoms with Crippen LogP contribution in [0, 0.1) is 0 Å². The highest BCUT2D eigenvalue weighted by Gasteiger charge is 2.38. The summed E-state index contributed by atoms with van der Waals surface area (Å²) in [6.45, 7) is 10.6. The number of likely N-dealkylation sites (N-methyl/N-ethyl adjacent to an activating group) is 1. The zero-order chi connectivity index (χ0) is 28.9. The van der Waals surface area contributed by atoms with Crippen LogP contribution >= 0.6 is 0 Å². The molecule has 1 N–H and O–H groups in total. The van der Waals surface area contributed by atoms with Crippen molar-refractivity contribution in [3.63, 3.8) is 0 Å². The fourth-order valence-electron chi connectivity index (χ4n) is 6.78. The minimum absolute atomic E-state index is 0.0311. The third-order valence-electron chi connectivity index (χ3n) is 8.84. The molecule has 0 amide bonds. The maximum atomic E-state index is 12.3. The van der Waals surface area contributed by atoms with E-state index < -0.39 is 0 Å². The van der Waals surface area contributed by atoms with E-state index in [0.29, 0.717) is 17.6 Å². The van der Waals surface area contributed by atoms with Gasteiger partial charge in [0.25, 0.3) is 0 Å². The van der Waals surface area contributed by atoms with Crippen molar-refractivity contribution in [1.29, 1.82) is 0 Å². The van der Waals surface area contributed by atoms with Crippen LogP contribution in [0.15, 0.2) is 53.5 Å². The highest BCUT2D eigenvalue weighted by Crippen LogP contribution is 2.39. The summed E-state index contributed by atoms with van der Waals surface area (Å²) < 4.78 is 0. The van der Waals surface area contributed by atoms with Crippen LogP contribution in [0.1, 0.15) is 62.4 Å². The van der Waals surface area contributed by atoms with Crippen molar-refractivity contribution >= 4 is 23.5 Å². The molecule has 7 nitrogen and oxygen atoms in total. The topological polar surface area (TPSA) is 54.4 Å². The van der Waals surface area contributed by atoms with Gasteiger partial charge < -0.3 is 15.1 Å². The summed E-state index contributed by atoms with van der Waals surface area (Å²) in [5.74, 6) is 1.02. The van der Waals surface area contributed by atoms with E-state index in [2.05, 4.69) is 110 Å². The third kappa shape index (κ3) is 6.59. The van der Waals surface area contributed by atoms with Gasteiger partial charge in [-0.3, -0.25) is 14.6 Å². The lowest BCUT2D eigenvalue weighted by atomic mass is 9.79. The largest absolute Gasteiger partial charge is 0.371 e. The van der Waals surface area contributed by atoms with Crippen LogP contribution in [-0.4, -0.2) is 99.3 Å². The van der Waals surface area contributed by atoms with Gasteiger partial charge in [0, 0.05) is 69.1 Å². The predicted octanol–water partition coefficient (Wildman–Crippen LogP) is 5.00. The monoisotopic (exact) mass is 546 g/mol.